The molecule has 5 heteroatoms. The van der Waals surface area contributed by atoms with Crippen LogP contribution in [-0.2, 0) is 20.9 Å². The van der Waals surface area contributed by atoms with E-state index in [2.05, 4.69) is 4.98 Å². The van der Waals surface area contributed by atoms with E-state index in [0.29, 0.717) is 13.0 Å². The molecule has 2 aromatic rings. The molecular formula is C20H20N2O3. The van der Waals surface area contributed by atoms with Gasteiger partial charge in [-0.05, 0) is 36.1 Å². The lowest BCUT2D eigenvalue weighted by Crippen LogP contribution is -2.40. The second-order valence-electron chi connectivity index (χ2n) is 5.90. The van der Waals surface area contributed by atoms with Crippen LogP contribution < -0.4 is 0 Å². The third-order valence-corrected chi connectivity index (χ3v) is 4.13. The maximum absolute atomic E-state index is 12.4. The van der Waals surface area contributed by atoms with E-state index in [-0.39, 0.29) is 18.5 Å². The molecule has 1 aliphatic heterocycles. The minimum Gasteiger partial charge on any atom is -0.459 e. The van der Waals surface area contributed by atoms with Crippen LogP contribution in [0.4, 0.5) is 0 Å². The van der Waals surface area contributed by atoms with Crippen molar-refractivity contribution in [3.63, 3.8) is 0 Å². The average molecular weight is 336 g/mol. The summed E-state index contributed by atoms with van der Waals surface area (Å²) < 4.78 is 5.39. The number of likely N-dealkylation sites (tertiary alicyclic amines) is 1. The highest BCUT2D eigenvalue weighted by molar-refractivity contribution is 5.95. The number of amides is 1. The van der Waals surface area contributed by atoms with Crippen molar-refractivity contribution in [2.24, 2.45) is 0 Å². The van der Waals surface area contributed by atoms with Crippen LogP contribution in [-0.4, -0.2) is 34.3 Å². The predicted molar refractivity (Wildman–Crippen MR) is 94.2 cm³/mol. The molecule has 128 valence electrons. The Morgan fingerprint density at radius 2 is 2.04 bits per heavy atom. The second-order valence-corrected chi connectivity index (χ2v) is 5.90. The maximum atomic E-state index is 12.4. The average Bonchev–Trinajstić information content (AvgIpc) is 3.16. The SMILES string of the molecule is O=C(OCc1ccccc1)[C@@H]1CCCN1C(=O)/C=C\c1cccnc1. The van der Waals surface area contributed by atoms with Gasteiger partial charge in [0.25, 0.3) is 0 Å². The van der Waals surface area contributed by atoms with Crippen LogP contribution in [0.25, 0.3) is 6.08 Å². The fourth-order valence-electron chi connectivity index (χ4n) is 2.84. The summed E-state index contributed by atoms with van der Waals surface area (Å²) in [5, 5.41) is 0. The van der Waals surface area contributed by atoms with Gasteiger partial charge in [-0.15, -0.1) is 0 Å². The van der Waals surface area contributed by atoms with Gasteiger partial charge in [0.1, 0.15) is 12.6 Å². The Morgan fingerprint density at radius 3 is 2.80 bits per heavy atom. The lowest BCUT2D eigenvalue weighted by molar-refractivity contribution is -0.153. The standard InChI is InChI=1S/C20H20N2O3/c23-19(11-10-16-8-4-12-21-14-16)22-13-5-9-18(22)20(24)25-15-17-6-2-1-3-7-17/h1-4,6-8,10-12,14,18H,5,9,13,15H2/b11-10-/t18-/m0/s1. The molecule has 1 fully saturated rings. The molecule has 1 aromatic carbocycles. The van der Waals surface area contributed by atoms with E-state index >= 15 is 0 Å². The summed E-state index contributed by atoms with van der Waals surface area (Å²) >= 11 is 0. The minimum atomic E-state index is -0.505. The Hall–Kier alpha value is -2.95. The van der Waals surface area contributed by atoms with E-state index in [0.717, 1.165) is 17.5 Å². The van der Waals surface area contributed by atoms with Gasteiger partial charge < -0.3 is 9.64 Å². The van der Waals surface area contributed by atoms with Gasteiger partial charge >= 0.3 is 5.97 Å². The van der Waals surface area contributed by atoms with Crippen molar-refractivity contribution >= 4 is 18.0 Å². The summed E-state index contributed by atoms with van der Waals surface area (Å²) in [7, 11) is 0. The lowest BCUT2D eigenvalue weighted by atomic mass is 10.2. The number of benzene rings is 1. The molecule has 0 N–H and O–H groups in total. The number of hydrogen-bond acceptors (Lipinski definition) is 4. The molecule has 0 bridgehead atoms. The Kier molecular flexibility index (Phi) is 5.57. The van der Waals surface area contributed by atoms with E-state index in [4.69, 9.17) is 4.74 Å². The van der Waals surface area contributed by atoms with Crippen LogP contribution in [0.15, 0.2) is 60.9 Å². The topological polar surface area (TPSA) is 59.5 Å². The quantitative estimate of drug-likeness (QED) is 0.622. The zero-order chi connectivity index (χ0) is 17.5. The molecule has 1 atom stereocenters. The Balaban J connectivity index is 1.58. The van der Waals surface area contributed by atoms with E-state index in [9.17, 15) is 9.59 Å². The van der Waals surface area contributed by atoms with Crippen molar-refractivity contribution < 1.29 is 14.3 Å². The highest BCUT2D eigenvalue weighted by Crippen LogP contribution is 2.20. The van der Waals surface area contributed by atoms with Crippen LogP contribution >= 0.6 is 0 Å². The summed E-state index contributed by atoms with van der Waals surface area (Å²) in [6.07, 6.45) is 8.00. The molecule has 1 saturated heterocycles. The monoisotopic (exact) mass is 336 g/mol. The fourth-order valence-corrected chi connectivity index (χ4v) is 2.84. The van der Waals surface area contributed by atoms with Crippen LogP contribution in [0.5, 0.6) is 0 Å². The van der Waals surface area contributed by atoms with E-state index in [1.807, 2.05) is 42.5 Å². The first-order valence-corrected chi connectivity index (χ1v) is 8.33. The Bertz CT molecular complexity index is 744. The van der Waals surface area contributed by atoms with Gasteiger partial charge in [-0.2, -0.15) is 0 Å². The number of aromatic nitrogens is 1. The third-order valence-electron chi connectivity index (χ3n) is 4.13. The second kappa shape index (κ2) is 8.24. The molecule has 1 aliphatic rings. The van der Waals surface area contributed by atoms with Crippen LogP contribution in [0, 0.1) is 0 Å². The molecule has 0 aliphatic carbocycles. The molecule has 0 unspecified atom stereocenters. The van der Waals surface area contributed by atoms with Crippen LogP contribution in [0.3, 0.4) is 0 Å². The summed E-state index contributed by atoms with van der Waals surface area (Å²) in [5.41, 5.74) is 1.78. The highest BCUT2D eigenvalue weighted by Gasteiger charge is 2.34. The zero-order valence-electron chi connectivity index (χ0n) is 13.9. The summed E-state index contributed by atoms with van der Waals surface area (Å²) in [6, 6.07) is 12.7. The van der Waals surface area contributed by atoms with Gasteiger partial charge in [-0.3, -0.25) is 9.78 Å². The molecule has 2 heterocycles. The zero-order valence-corrected chi connectivity index (χ0v) is 13.9. The first-order chi connectivity index (χ1) is 12.2. The van der Waals surface area contributed by atoms with Gasteiger partial charge in [0, 0.05) is 25.0 Å². The largest absolute Gasteiger partial charge is 0.459 e. The van der Waals surface area contributed by atoms with Crippen molar-refractivity contribution in [3.8, 4) is 0 Å². The summed E-state index contributed by atoms with van der Waals surface area (Å²) in [4.78, 5) is 30.4. The number of carbonyl (C=O) groups is 2. The molecule has 0 radical (unpaired) electrons. The number of ether oxygens (including phenoxy) is 1. The van der Waals surface area contributed by atoms with Crippen LogP contribution in [0.1, 0.15) is 24.0 Å². The van der Waals surface area contributed by atoms with Crippen molar-refractivity contribution in [1.82, 2.24) is 9.88 Å². The molecule has 3 rings (SSSR count). The predicted octanol–water partition coefficient (Wildman–Crippen LogP) is 2.83. The molecular weight excluding hydrogens is 316 g/mol. The van der Waals surface area contributed by atoms with Gasteiger partial charge in [0.2, 0.25) is 5.91 Å². The summed E-state index contributed by atoms with van der Waals surface area (Å²) in [5.74, 6) is -0.521. The number of rotatable bonds is 5. The van der Waals surface area contributed by atoms with Gasteiger partial charge in [0.05, 0.1) is 0 Å². The van der Waals surface area contributed by atoms with E-state index in [1.54, 1.807) is 23.4 Å². The molecule has 25 heavy (non-hydrogen) atoms. The molecule has 1 amide bonds. The maximum Gasteiger partial charge on any atom is 0.329 e. The smallest absolute Gasteiger partial charge is 0.329 e. The third kappa shape index (κ3) is 4.53. The number of hydrogen-bond donors (Lipinski definition) is 0. The summed E-state index contributed by atoms with van der Waals surface area (Å²) in [6.45, 7) is 0.797. The normalized spacial score (nSPS) is 17.0. The van der Waals surface area contributed by atoms with Crippen molar-refractivity contribution in [3.05, 3.63) is 72.1 Å². The van der Waals surface area contributed by atoms with Gasteiger partial charge in [0.15, 0.2) is 0 Å². The van der Waals surface area contributed by atoms with Crippen LogP contribution in [0.2, 0.25) is 0 Å². The first kappa shape index (κ1) is 16.9. The number of carbonyl (C=O) groups excluding carboxylic acids is 2. The van der Waals surface area contributed by atoms with Crippen molar-refractivity contribution in [1.29, 1.82) is 0 Å². The van der Waals surface area contributed by atoms with Crippen molar-refractivity contribution in [2.45, 2.75) is 25.5 Å². The lowest BCUT2D eigenvalue weighted by Gasteiger charge is -2.22. The van der Waals surface area contributed by atoms with Crippen molar-refractivity contribution in [2.75, 3.05) is 6.54 Å². The molecule has 0 saturated carbocycles. The Labute approximate surface area is 146 Å². The van der Waals surface area contributed by atoms with E-state index in [1.165, 1.54) is 6.08 Å². The van der Waals surface area contributed by atoms with E-state index < -0.39 is 6.04 Å². The number of esters is 1. The highest BCUT2D eigenvalue weighted by atomic mass is 16.5. The number of nitrogens with zero attached hydrogens (tertiary/aromatic N) is 2. The van der Waals surface area contributed by atoms with Gasteiger partial charge in [-0.25, -0.2) is 4.79 Å². The first-order valence-electron chi connectivity index (χ1n) is 8.33. The fraction of sp³-hybridized carbons (Fsp3) is 0.250. The molecule has 5 nitrogen and oxygen atoms in total. The Morgan fingerprint density at radius 1 is 1.20 bits per heavy atom. The molecule has 1 aromatic heterocycles. The van der Waals surface area contributed by atoms with Gasteiger partial charge in [-0.1, -0.05) is 36.4 Å². The molecule has 0 spiro atoms. The minimum absolute atomic E-state index is 0.178. The number of pyridine rings is 1.